The van der Waals surface area contributed by atoms with Gasteiger partial charge in [0.05, 0.1) is 12.7 Å². The topological polar surface area (TPSA) is 26.3 Å². The molecule has 0 aliphatic carbocycles. The van der Waals surface area contributed by atoms with Crippen molar-refractivity contribution in [3.8, 4) is 0 Å². The van der Waals surface area contributed by atoms with Gasteiger partial charge in [-0.05, 0) is 24.1 Å². The van der Waals surface area contributed by atoms with Gasteiger partial charge in [-0.25, -0.2) is 4.79 Å². The Hall–Kier alpha value is -2.22. The van der Waals surface area contributed by atoms with Gasteiger partial charge in [0.15, 0.2) is 0 Å². The van der Waals surface area contributed by atoms with Crippen molar-refractivity contribution in [1.29, 1.82) is 0 Å². The number of halogens is 13. The van der Waals surface area contributed by atoms with Crippen LogP contribution in [0.25, 0.3) is 0 Å². The Kier molecular flexibility index (Phi) is 6.95. The maximum absolute atomic E-state index is 13.7. The molecule has 1 aromatic carbocycles. The van der Waals surface area contributed by atoms with Crippen LogP contribution in [0.4, 0.5) is 57.1 Å². The highest BCUT2D eigenvalue weighted by atomic mass is 19.4. The number of alkyl halides is 13. The molecule has 0 saturated carbocycles. The van der Waals surface area contributed by atoms with Crippen LogP contribution in [-0.2, 0) is 11.2 Å². The number of ether oxygens (including phenoxy) is 1. The number of aryl methyl sites for hydroxylation is 1. The Morgan fingerprint density at radius 3 is 1.52 bits per heavy atom. The largest absolute Gasteiger partial charge is 0.465 e. The Morgan fingerprint density at radius 2 is 1.13 bits per heavy atom. The van der Waals surface area contributed by atoms with Crippen LogP contribution in [0.15, 0.2) is 24.3 Å². The van der Waals surface area contributed by atoms with Gasteiger partial charge in [-0.15, -0.1) is 0 Å². The predicted octanol–water partition coefficient (Wildman–Crippen LogP) is 6.14. The molecule has 178 valence electrons. The van der Waals surface area contributed by atoms with Crippen molar-refractivity contribution in [2.75, 3.05) is 7.11 Å². The van der Waals surface area contributed by atoms with Gasteiger partial charge in [0.1, 0.15) is 0 Å². The third-order valence-corrected chi connectivity index (χ3v) is 4.10. The average molecular weight is 482 g/mol. The van der Waals surface area contributed by atoms with E-state index in [4.69, 9.17) is 0 Å². The fourth-order valence-electron chi connectivity index (χ4n) is 2.19. The predicted molar refractivity (Wildman–Crippen MR) is 76.9 cm³/mol. The first kappa shape index (κ1) is 26.8. The first-order chi connectivity index (χ1) is 13.7. The lowest BCUT2D eigenvalue weighted by Crippen LogP contribution is -2.70. The molecule has 0 spiro atoms. The van der Waals surface area contributed by atoms with E-state index in [0.29, 0.717) is 0 Å². The van der Waals surface area contributed by atoms with Crippen LogP contribution in [0.3, 0.4) is 0 Å². The Bertz CT molecular complexity index is 782. The van der Waals surface area contributed by atoms with E-state index in [1.165, 1.54) is 0 Å². The normalized spacial score (nSPS) is 14.5. The van der Waals surface area contributed by atoms with E-state index >= 15 is 0 Å². The number of hydrogen-bond acceptors (Lipinski definition) is 2. The fraction of sp³-hybridized carbons (Fsp3) is 0.562. The van der Waals surface area contributed by atoms with Crippen LogP contribution in [0, 0.1) is 0 Å². The maximum Gasteiger partial charge on any atom is 0.460 e. The van der Waals surface area contributed by atoms with Crippen LogP contribution in [-0.4, -0.2) is 48.9 Å². The fourth-order valence-corrected chi connectivity index (χ4v) is 2.19. The molecule has 31 heavy (non-hydrogen) atoms. The highest BCUT2D eigenvalue weighted by Gasteiger charge is 2.90. The minimum Gasteiger partial charge on any atom is -0.465 e. The summed E-state index contributed by atoms with van der Waals surface area (Å²) in [5.41, 5.74) is -0.442. The number of methoxy groups -OCH3 is 1. The molecule has 0 heterocycles. The van der Waals surface area contributed by atoms with E-state index < -0.39 is 54.6 Å². The van der Waals surface area contributed by atoms with Crippen LogP contribution >= 0.6 is 0 Å². The first-order valence-corrected chi connectivity index (χ1v) is 7.80. The molecule has 1 rings (SSSR count). The minimum absolute atomic E-state index is 0.135. The monoisotopic (exact) mass is 482 g/mol. The molecule has 0 radical (unpaired) electrons. The first-order valence-electron chi connectivity index (χ1n) is 7.80. The molecule has 0 N–H and O–H groups in total. The second-order valence-electron chi connectivity index (χ2n) is 6.19. The zero-order valence-electron chi connectivity index (χ0n) is 15.0. The molecular formula is C16H11F13O2. The standard InChI is InChI=1S/C16H11F13O2/c1-31-10(30)9-4-2-8(3-5-9)6-7-11(17,18)12(19,20)13(21,22)14(23,24)15(25,26)16(27,28)29/h2-5H,6-7H2,1H3. The van der Waals surface area contributed by atoms with Crippen molar-refractivity contribution in [2.24, 2.45) is 0 Å². The average Bonchev–Trinajstić information content (AvgIpc) is 2.64. The summed E-state index contributed by atoms with van der Waals surface area (Å²) in [6.07, 6.45) is -11.0. The van der Waals surface area contributed by atoms with Crippen LogP contribution < -0.4 is 0 Å². The smallest absolute Gasteiger partial charge is 0.460 e. The van der Waals surface area contributed by atoms with Gasteiger partial charge < -0.3 is 4.74 Å². The van der Waals surface area contributed by atoms with E-state index in [-0.39, 0.29) is 11.1 Å². The molecule has 15 heteroatoms. The van der Waals surface area contributed by atoms with E-state index in [1.54, 1.807) is 0 Å². The summed E-state index contributed by atoms with van der Waals surface area (Å²) in [5, 5.41) is 0. The highest BCUT2D eigenvalue weighted by molar-refractivity contribution is 5.89. The molecule has 2 nitrogen and oxygen atoms in total. The number of benzene rings is 1. The van der Waals surface area contributed by atoms with E-state index in [9.17, 15) is 61.9 Å². The summed E-state index contributed by atoms with van der Waals surface area (Å²) in [6, 6.07) is 3.66. The number of hydrogen-bond donors (Lipinski definition) is 0. The lowest BCUT2D eigenvalue weighted by Gasteiger charge is -2.39. The maximum atomic E-state index is 13.7. The van der Waals surface area contributed by atoms with Gasteiger partial charge in [0.25, 0.3) is 0 Å². The van der Waals surface area contributed by atoms with Crippen molar-refractivity contribution in [3.05, 3.63) is 35.4 Å². The Labute approximate surface area is 165 Å². The van der Waals surface area contributed by atoms with Crippen molar-refractivity contribution >= 4 is 5.97 Å². The molecule has 0 saturated heterocycles. The zero-order valence-corrected chi connectivity index (χ0v) is 15.0. The van der Waals surface area contributed by atoms with Crippen LogP contribution in [0.1, 0.15) is 22.3 Å². The van der Waals surface area contributed by atoms with Gasteiger partial charge in [0, 0.05) is 6.42 Å². The van der Waals surface area contributed by atoms with Crippen molar-refractivity contribution in [1.82, 2.24) is 0 Å². The summed E-state index contributed by atoms with van der Waals surface area (Å²) in [6.45, 7) is 0. The molecule has 0 bridgehead atoms. The van der Waals surface area contributed by atoms with E-state index in [0.717, 1.165) is 31.4 Å². The van der Waals surface area contributed by atoms with E-state index in [1.807, 2.05) is 0 Å². The Morgan fingerprint density at radius 1 is 0.710 bits per heavy atom. The lowest BCUT2D eigenvalue weighted by atomic mass is 9.91. The lowest BCUT2D eigenvalue weighted by molar-refractivity contribution is -0.440. The summed E-state index contributed by atoms with van der Waals surface area (Å²) in [4.78, 5) is 11.2. The molecular weight excluding hydrogens is 471 g/mol. The van der Waals surface area contributed by atoms with Gasteiger partial charge in [0.2, 0.25) is 0 Å². The van der Waals surface area contributed by atoms with E-state index in [2.05, 4.69) is 4.74 Å². The molecule has 0 aromatic heterocycles. The van der Waals surface area contributed by atoms with Crippen molar-refractivity contribution in [3.63, 3.8) is 0 Å². The van der Waals surface area contributed by atoms with Crippen LogP contribution in [0.5, 0.6) is 0 Å². The Balaban J connectivity index is 3.18. The molecule has 0 fully saturated rings. The number of esters is 1. The summed E-state index contributed by atoms with van der Waals surface area (Å²) >= 11 is 0. The molecule has 0 aliphatic rings. The number of rotatable bonds is 8. The summed E-state index contributed by atoms with van der Waals surface area (Å²) in [7, 11) is 0.983. The molecule has 0 aliphatic heterocycles. The highest BCUT2D eigenvalue weighted by Crippen LogP contribution is 2.60. The van der Waals surface area contributed by atoms with Gasteiger partial charge in [-0.3, -0.25) is 0 Å². The summed E-state index contributed by atoms with van der Waals surface area (Å²) in [5.74, 6) is -37.8. The number of carbonyl (C=O) groups excluding carboxylic acids is 1. The van der Waals surface area contributed by atoms with Crippen LogP contribution in [0.2, 0.25) is 0 Å². The van der Waals surface area contributed by atoms with Crippen molar-refractivity contribution in [2.45, 2.75) is 48.6 Å². The molecule has 0 amide bonds. The quantitative estimate of drug-likeness (QED) is 0.329. The second kappa shape index (κ2) is 8.04. The summed E-state index contributed by atoms with van der Waals surface area (Å²) < 4.78 is 173. The number of carbonyl (C=O) groups is 1. The van der Waals surface area contributed by atoms with Gasteiger partial charge in [-0.2, -0.15) is 57.1 Å². The van der Waals surface area contributed by atoms with Gasteiger partial charge >= 0.3 is 41.8 Å². The van der Waals surface area contributed by atoms with Crippen molar-refractivity contribution < 1.29 is 66.6 Å². The third-order valence-electron chi connectivity index (χ3n) is 4.10. The van der Waals surface area contributed by atoms with Gasteiger partial charge in [-0.1, -0.05) is 12.1 Å². The second-order valence-corrected chi connectivity index (χ2v) is 6.19. The molecule has 0 atom stereocenters. The molecule has 0 unspecified atom stereocenters. The molecule has 1 aromatic rings. The third kappa shape index (κ3) is 4.40. The SMILES string of the molecule is COC(=O)c1ccc(CCC(F)(F)C(F)(F)C(F)(F)C(F)(F)C(F)(F)C(F)(F)F)cc1. The minimum atomic E-state index is -7.91. The zero-order chi connectivity index (χ0) is 24.7.